The summed E-state index contributed by atoms with van der Waals surface area (Å²) in [5, 5.41) is 3.55. The molecular formula is C16H10F3N5O2. The van der Waals surface area contributed by atoms with Gasteiger partial charge in [-0.15, -0.1) is 5.10 Å². The van der Waals surface area contributed by atoms with E-state index in [4.69, 9.17) is 4.74 Å². The molecule has 0 atom stereocenters. The molecule has 4 rings (SSSR count). The summed E-state index contributed by atoms with van der Waals surface area (Å²) < 4.78 is 45.9. The Morgan fingerprint density at radius 1 is 1.19 bits per heavy atom. The lowest BCUT2D eigenvalue weighted by atomic mass is 10.2. The average Bonchev–Trinajstić information content (AvgIpc) is 3.07. The number of fused-ring (bicyclic) bond motifs is 3. The van der Waals surface area contributed by atoms with Crippen molar-refractivity contribution in [3.8, 4) is 11.4 Å². The smallest absolute Gasteiger partial charge is 0.453 e. The van der Waals surface area contributed by atoms with Crippen LogP contribution in [-0.4, -0.2) is 31.3 Å². The highest BCUT2D eigenvalue weighted by molar-refractivity contribution is 5.79. The molecule has 132 valence electrons. The minimum Gasteiger partial charge on any atom is -0.497 e. The molecule has 0 aliphatic heterocycles. The molecule has 0 aliphatic rings. The van der Waals surface area contributed by atoms with E-state index in [-0.39, 0.29) is 16.7 Å². The molecule has 0 bridgehead atoms. The predicted octanol–water partition coefficient (Wildman–Crippen LogP) is 2.46. The van der Waals surface area contributed by atoms with Crippen molar-refractivity contribution in [1.29, 1.82) is 0 Å². The molecular weight excluding hydrogens is 351 g/mol. The van der Waals surface area contributed by atoms with Gasteiger partial charge in [-0.3, -0.25) is 9.36 Å². The summed E-state index contributed by atoms with van der Waals surface area (Å²) in [6.45, 7) is 0. The lowest BCUT2D eigenvalue weighted by Gasteiger charge is -2.09. The molecule has 3 heterocycles. The van der Waals surface area contributed by atoms with E-state index < -0.39 is 17.6 Å². The van der Waals surface area contributed by atoms with Crippen LogP contribution in [0.3, 0.4) is 0 Å². The molecule has 0 amide bonds. The highest BCUT2D eigenvalue weighted by atomic mass is 19.4. The van der Waals surface area contributed by atoms with Gasteiger partial charge in [-0.25, -0.2) is 4.98 Å². The molecule has 0 N–H and O–H groups in total. The van der Waals surface area contributed by atoms with Crippen LogP contribution in [0, 0.1) is 0 Å². The molecule has 3 aromatic heterocycles. The third-order valence-electron chi connectivity index (χ3n) is 3.82. The first-order valence-corrected chi connectivity index (χ1v) is 7.37. The van der Waals surface area contributed by atoms with E-state index >= 15 is 0 Å². The molecule has 7 nitrogen and oxygen atoms in total. The molecule has 10 heteroatoms. The first-order chi connectivity index (χ1) is 12.4. The molecule has 0 spiro atoms. The van der Waals surface area contributed by atoms with Crippen molar-refractivity contribution in [1.82, 2.24) is 24.1 Å². The maximum absolute atomic E-state index is 12.8. The fraction of sp³-hybridized carbons (Fsp3) is 0.125. The van der Waals surface area contributed by atoms with Gasteiger partial charge in [0.15, 0.2) is 0 Å². The standard InChI is InChI=1S/C16H10F3N5O2/c1-26-10-4-2-3-9(7-10)23-6-5-12-11(13(23)25)8-20-15-21-14(16(17,18)19)22-24(12)15/h2-8H,1H3. The Labute approximate surface area is 143 Å². The summed E-state index contributed by atoms with van der Waals surface area (Å²) in [4.78, 5) is 20.0. The summed E-state index contributed by atoms with van der Waals surface area (Å²) in [6, 6.07) is 8.31. The molecule has 0 unspecified atom stereocenters. The zero-order valence-electron chi connectivity index (χ0n) is 13.2. The van der Waals surface area contributed by atoms with Gasteiger partial charge in [0.2, 0.25) is 0 Å². The Kier molecular flexibility index (Phi) is 3.43. The SMILES string of the molecule is COc1cccc(-n2ccc3c(cnc4nc(C(F)(F)F)nn43)c2=O)c1. The minimum absolute atomic E-state index is 0.112. The van der Waals surface area contributed by atoms with Gasteiger partial charge in [-0.2, -0.15) is 22.7 Å². The van der Waals surface area contributed by atoms with Crippen molar-refractivity contribution in [2.75, 3.05) is 7.11 Å². The van der Waals surface area contributed by atoms with Crippen LogP contribution in [0.15, 0.2) is 47.5 Å². The van der Waals surface area contributed by atoms with Crippen molar-refractivity contribution >= 4 is 16.7 Å². The van der Waals surface area contributed by atoms with Crippen LogP contribution in [0.25, 0.3) is 22.4 Å². The Balaban J connectivity index is 1.96. The number of nitrogens with zero attached hydrogens (tertiary/aromatic N) is 5. The number of hydrogen-bond acceptors (Lipinski definition) is 5. The number of alkyl halides is 3. The van der Waals surface area contributed by atoms with Crippen LogP contribution in [-0.2, 0) is 6.18 Å². The average molecular weight is 361 g/mol. The Hall–Kier alpha value is -3.43. The van der Waals surface area contributed by atoms with Gasteiger partial charge in [0.05, 0.1) is 23.7 Å². The van der Waals surface area contributed by atoms with Gasteiger partial charge in [0, 0.05) is 18.5 Å². The van der Waals surface area contributed by atoms with E-state index in [1.165, 1.54) is 30.1 Å². The van der Waals surface area contributed by atoms with Gasteiger partial charge >= 0.3 is 6.18 Å². The maximum atomic E-state index is 12.8. The lowest BCUT2D eigenvalue weighted by molar-refractivity contribution is -0.144. The quantitative estimate of drug-likeness (QED) is 0.548. The predicted molar refractivity (Wildman–Crippen MR) is 85.4 cm³/mol. The number of rotatable bonds is 2. The fourth-order valence-corrected chi connectivity index (χ4v) is 2.60. The monoisotopic (exact) mass is 361 g/mol. The first kappa shape index (κ1) is 16.1. The minimum atomic E-state index is -4.70. The number of pyridine rings is 1. The van der Waals surface area contributed by atoms with E-state index in [0.29, 0.717) is 11.4 Å². The van der Waals surface area contributed by atoms with Crippen molar-refractivity contribution in [2.24, 2.45) is 0 Å². The van der Waals surface area contributed by atoms with Crippen LogP contribution >= 0.6 is 0 Å². The summed E-state index contributed by atoms with van der Waals surface area (Å²) in [5.41, 5.74) is 0.280. The van der Waals surface area contributed by atoms with Gasteiger partial charge in [0.1, 0.15) is 5.75 Å². The number of aromatic nitrogens is 5. The number of methoxy groups -OCH3 is 1. The normalized spacial score (nSPS) is 12.0. The molecule has 0 saturated carbocycles. The van der Waals surface area contributed by atoms with Crippen LogP contribution in [0.2, 0.25) is 0 Å². The third-order valence-corrected chi connectivity index (χ3v) is 3.82. The number of hydrogen-bond donors (Lipinski definition) is 0. The van der Waals surface area contributed by atoms with Crippen molar-refractivity contribution in [2.45, 2.75) is 6.18 Å². The Bertz CT molecular complexity index is 1200. The number of ether oxygens (including phenoxy) is 1. The van der Waals surface area contributed by atoms with Crippen LogP contribution in [0.5, 0.6) is 5.75 Å². The second kappa shape index (κ2) is 5.55. The third kappa shape index (κ3) is 2.46. The molecule has 0 aliphatic carbocycles. The van der Waals surface area contributed by atoms with Crippen molar-refractivity contribution in [3.05, 3.63) is 58.9 Å². The van der Waals surface area contributed by atoms with E-state index in [1.54, 1.807) is 24.3 Å². The van der Waals surface area contributed by atoms with Crippen LogP contribution in [0.1, 0.15) is 5.82 Å². The summed E-state index contributed by atoms with van der Waals surface area (Å²) in [6.07, 6.45) is -2.05. The van der Waals surface area contributed by atoms with E-state index in [1.807, 2.05) is 0 Å². The topological polar surface area (TPSA) is 74.3 Å². The summed E-state index contributed by atoms with van der Waals surface area (Å²) in [5.74, 6) is -0.980. The van der Waals surface area contributed by atoms with Crippen LogP contribution < -0.4 is 10.3 Å². The van der Waals surface area contributed by atoms with Gasteiger partial charge in [0.25, 0.3) is 17.2 Å². The second-order valence-corrected chi connectivity index (χ2v) is 5.39. The Morgan fingerprint density at radius 2 is 2.00 bits per heavy atom. The zero-order chi connectivity index (χ0) is 18.5. The molecule has 4 aromatic rings. The second-order valence-electron chi connectivity index (χ2n) is 5.39. The first-order valence-electron chi connectivity index (χ1n) is 7.37. The molecule has 26 heavy (non-hydrogen) atoms. The maximum Gasteiger partial charge on any atom is 0.453 e. The van der Waals surface area contributed by atoms with E-state index in [2.05, 4.69) is 15.1 Å². The Morgan fingerprint density at radius 3 is 2.73 bits per heavy atom. The largest absolute Gasteiger partial charge is 0.497 e. The van der Waals surface area contributed by atoms with Gasteiger partial charge in [-0.05, 0) is 18.2 Å². The molecule has 0 radical (unpaired) electrons. The highest BCUT2D eigenvalue weighted by Crippen LogP contribution is 2.27. The summed E-state index contributed by atoms with van der Waals surface area (Å²) >= 11 is 0. The van der Waals surface area contributed by atoms with E-state index in [9.17, 15) is 18.0 Å². The van der Waals surface area contributed by atoms with Gasteiger partial charge in [-0.1, -0.05) is 6.07 Å². The zero-order valence-corrected chi connectivity index (χ0v) is 13.2. The van der Waals surface area contributed by atoms with Crippen molar-refractivity contribution < 1.29 is 17.9 Å². The number of benzene rings is 1. The highest BCUT2D eigenvalue weighted by Gasteiger charge is 2.36. The fourth-order valence-electron chi connectivity index (χ4n) is 2.60. The van der Waals surface area contributed by atoms with Crippen molar-refractivity contribution in [3.63, 3.8) is 0 Å². The lowest BCUT2D eigenvalue weighted by Crippen LogP contribution is -2.19. The number of halogens is 3. The van der Waals surface area contributed by atoms with E-state index in [0.717, 1.165) is 4.52 Å². The van der Waals surface area contributed by atoms with Crippen LogP contribution in [0.4, 0.5) is 13.2 Å². The summed E-state index contributed by atoms with van der Waals surface area (Å²) in [7, 11) is 1.51. The molecule has 0 fully saturated rings. The van der Waals surface area contributed by atoms with Gasteiger partial charge < -0.3 is 4.74 Å². The molecule has 1 aromatic carbocycles. The molecule has 0 saturated heterocycles.